The minimum Gasteiger partial charge on any atom is -0.494 e. The molecule has 3 atom stereocenters. The van der Waals surface area contributed by atoms with Crippen LogP contribution >= 0.6 is 0 Å². The SMILES string of the molecule is CCOC1CC(N)C1NC(=O)c1ccc(F)c(OC)c1. The van der Waals surface area contributed by atoms with Crippen LogP contribution in [0.2, 0.25) is 0 Å². The smallest absolute Gasteiger partial charge is 0.251 e. The molecule has 110 valence electrons. The van der Waals surface area contributed by atoms with Gasteiger partial charge in [0.1, 0.15) is 0 Å². The zero-order valence-electron chi connectivity index (χ0n) is 11.6. The van der Waals surface area contributed by atoms with Crippen LogP contribution in [0.15, 0.2) is 18.2 Å². The Morgan fingerprint density at radius 3 is 2.90 bits per heavy atom. The van der Waals surface area contributed by atoms with E-state index >= 15 is 0 Å². The van der Waals surface area contributed by atoms with Crippen molar-refractivity contribution in [1.29, 1.82) is 0 Å². The van der Waals surface area contributed by atoms with Gasteiger partial charge in [-0.1, -0.05) is 0 Å². The second-order valence-corrected chi connectivity index (χ2v) is 4.74. The maximum atomic E-state index is 13.3. The zero-order valence-corrected chi connectivity index (χ0v) is 11.6. The van der Waals surface area contributed by atoms with Crippen molar-refractivity contribution in [3.05, 3.63) is 29.6 Å². The van der Waals surface area contributed by atoms with Gasteiger partial charge in [-0.05, 0) is 31.5 Å². The molecule has 1 aromatic carbocycles. The van der Waals surface area contributed by atoms with E-state index in [1.54, 1.807) is 0 Å². The number of rotatable bonds is 5. The molecule has 6 heteroatoms. The standard InChI is InChI=1S/C14H19FN2O3/c1-3-20-12-7-10(16)13(12)17-14(18)8-4-5-9(15)11(6-8)19-2/h4-6,10,12-13H,3,7,16H2,1-2H3,(H,17,18). The molecule has 3 N–H and O–H groups in total. The fraction of sp³-hybridized carbons (Fsp3) is 0.500. The number of methoxy groups -OCH3 is 1. The summed E-state index contributed by atoms with van der Waals surface area (Å²) in [5, 5.41) is 2.82. The van der Waals surface area contributed by atoms with Crippen LogP contribution < -0.4 is 15.8 Å². The molecular weight excluding hydrogens is 263 g/mol. The first kappa shape index (κ1) is 14.7. The molecule has 1 fully saturated rings. The molecule has 1 aliphatic rings. The van der Waals surface area contributed by atoms with Gasteiger partial charge >= 0.3 is 0 Å². The third-order valence-corrected chi connectivity index (χ3v) is 3.46. The lowest BCUT2D eigenvalue weighted by atomic mass is 9.83. The van der Waals surface area contributed by atoms with E-state index in [2.05, 4.69) is 5.32 Å². The molecule has 0 bridgehead atoms. The van der Waals surface area contributed by atoms with E-state index in [4.69, 9.17) is 15.2 Å². The molecule has 1 aromatic rings. The van der Waals surface area contributed by atoms with Gasteiger partial charge in [0.15, 0.2) is 11.6 Å². The molecule has 0 heterocycles. The first-order valence-corrected chi connectivity index (χ1v) is 6.58. The normalized spacial score (nSPS) is 24.9. The molecule has 5 nitrogen and oxygen atoms in total. The van der Waals surface area contributed by atoms with Gasteiger partial charge in [0.25, 0.3) is 5.91 Å². The highest BCUT2D eigenvalue weighted by Crippen LogP contribution is 2.24. The number of halogens is 1. The van der Waals surface area contributed by atoms with E-state index in [1.807, 2.05) is 6.92 Å². The van der Waals surface area contributed by atoms with Crippen LogP contribution in [0, 0.1) is 5.82 Å². The van der Waals surface area contributed by atoms with Crippen molar-refractivity contribution >= 4 is 5.91 Å². The third-order valence-electron chi connectivity index (χ3n) is 3.46. The van der Waals surface area contributed by atoms with Crippen LogP contribution in [0.5, 0.6) is 5.75 Å². The molecule has 3 unspecified atom stereocenters. The van der Waals surface area contributed by atoms with Gasteiger partial charge in [-0.3, -0.25) is 4.79 Å². The van der Waals surface area contributed by atoms with Crippen LogP contribution in [-0.2, 0) is 4.74 Å². The fourth-order valence-corrected chi connectivity index (χ4v) is 2.26. The van der Waals surface area contributed by atoms with Gasteiger partial charge in [0.2, 0.25) is 0 Å². The molecule has 1 saturated carbocycles. The number of nitrogens with two attached hydrogens (primary N) is 1. The number of benzene rings is 1. The number of nitrogens with one attached hydrogen (secondary N) is 1. The summed E-state index contributed by atoms with van der Waals surface area (Å²) in [6, 6.07) is 3.66. The minimum atomic E-state index is -0.503. The summed E-state index contributed by atoms with van der Waals surface area (Å²) in [7, 11) is 1.35. The first-order valence-electron chi connectivity index (χ1n) is 6.58. The van der Waals surface area contributed by atoms with Crippen LogP contribution in [0.25, 0.3) is 0 Å². The van der Waals surface area contributed by atoms with Gasteiger partial charge < -0.3 is 20.5 Å². The maximum Gasteiger partial charge on any atom is 0.251 e. The van der Waals surface area contributed by atoms with E-state index in [1.165, 1.54) is 25.3 Å². The Bertz CT molecular complexity index is 493. The number of amides is 1. The average molecular weight is 282 g/mol. The lowest BCUT2D eigenvalue weighted by molar-refractivity contribution is -0.0300. The molecule has 0 aromatic heterocycles. The van der Waals surface area contributed by atoms with Crippen molar-refractivity contribution in [3.8, 4) is 5.75 Å². The van der Waals surface area contributed by atoms with Gasteiger partial charge in [-0.25, -0.2) is 4.39 Å². The van der Waals surface area contributed by atoms with Crippen LogP contribution in [0.1, 0.15) is 23.7 Å². The van der Waals surface area contributed by atoms with Crippen molar-refractivity contribution < 1.29 is 18.7 Å². The Morgan fingerprint density at radius 2 is 2.30 bits per heavy atom. The van der Waals surface area contributed by atoms with Gasteiger partial charge in [-0.2, -0.15) is 0 Å². The highest BCUT2D eigenvalue weighted by Gasteiger charge is 2.40. The van der Waals surface area contributed by atoms with E-state index < -0.39 is 5.82 Å². The average Bonchev–Trinajstić information content (AvgIpc) is 2.45. The quantitative estimate of drug-likeness (QED) is 0.847. The molecule has 0 aliphatic heterocycles. The Hall–Kier alpha value is -1.66. The second-order valence-electron chi connectivity index (χ2n) is 4.74. The molecule has 20 heavy (non-hydrogen) atoms. The largest absolute Gasteiger partial charge is 0.494 e. The minimum absolute atomic E-state index is 0.0388. The summed E-state index contributed by atoms with van der Waals surface area (Å²) in [5.41, 5.74) is 6.20. The fourth-order valence-electron chi connectivity index (χ4n) is 2.26. The summed E-state index contributed by atoms with van der Waals surface area (Å²) >= 11 is 0. The Kier molecular flexibility index (Phi) is 4.57. The van der Waals surface area contributed by atoms with Crippen molar-refractivity contribution in [1.82, 2.24) is 5.32 Å². The number of hydrogen-bond donors (Lipinski definition) is 2. The van der Waals surface area contributed by atoms with Crippen molar-refractivity contribution in [2.45, 2.75) is 31.5 Å². The number of hydrogen-bond acceptors (Lipinski definition) is 4. The summed E-state index contributed by atoms with van der Waals surface area (Å²) in [6.45, 7) is 2.47. The molecule has 2 rings (SSSR count). The molecular formula is C14H19FN2O3. The first-order chi connectivity index (χ1) is 9.56. The number of carbonyl (C=O) groups excluding carboxylic acids is 1. The van der Waals surface area contributed by atoms with E-state index in [0.29, 0.717) is 12.2 Å². The highest BCUT2D eigenvalue weighted by molar-refractivity contribution is 5.95. The number of ether oxygens (including phenoxy) is 2. The summed E-state index contributed by atoms with van der Waals surface area (Å²) in [4.78, 5) is 12.1. The number of carbonyl (C=O) groups is 1. The Morgan fingerprint density at radius 1 is 1.55 bits per heavy atom. The Balaban J connectivity index is 2.04. The van der Waals surface area contributed by atoms with Crippen molar-refractivity contribution in [2.75, 3.05) is 13.7 Å². The van der Waals surface area contributed by atoms with Crippen molar-refractivity contribution in [2.24, 2.45) is 5.73 Å². The molecule has 0 saturated heterocycles. The zero-order chi connectivity index (χ0) is 14.7. The van der Waals surface area contributed by atoms with E-state index in [9.17, 15) is 9.18 Å². The molecule has 1 aliphatic carbocycles. The van der Waals surface area contributed by atoms with Gasteiger partial charge in [0, 0.05) is 18.2 Å². The van der Waals surface area contributed by atoms with Crippen LogP contribution in [0.4, 0.5) is 4.39 Å². The molecule has 0 radical (unpaired) electrons. The molecule has 1 amide bonds. The topological polar surface area (TPSA) is 73.6 Å². The lowest BCUT2D eigenvalue weighted by Gasteiger charge is -2.42. The van der Waals surface area contributed by atoms with E-state index in [-0.39, 0.29) is 29.8 Å². The van der Waals surface area contributed by atoms with Crippen molar-refractivity contribution in [3.63, 3.8) is 0 Å². The predicted octanol–water partition coefficient (Wildman–Crippen LogP) is 1.07. The van der Waals surface area contributed by atoms with E-state index in [0.717, 1.165) is 6.42 Å². The Labute approximate surface area is 117 Å². The third kappa shape index (κ3) is 2.91. The highest BCUT2D eigenvalue weighted by atomic mass is 19.1. The summed E-state index contributed by atoms with van der Waals surface area (Å²) in [5.74, 6) is -0.776. The molecule has 0 spiro atoms. The van der Waals surface area contributed by atoms with Crippen LogP contribution in [-0.4, -0.2) is 37.8 Å². The maximum absolute atomic E-state index is 13.3. The lowest BCUT2D eigenvalue weighted by Crippen LogP contribution is -2.64. The summed E-state index contributed by atoms with van der Waals surface area (Å²) < 4.78 is 23.6. The summed E-state index contributed by atoms with van der Waals surface area (Å²) in [6.07, 6.45) is 0.673. The van der Waals surface area contributed by atoms with Gasteiger partial charge in [-0.15, -0.1) is 0 Å². The predicted molar refractivity (Wildman–Crippen MR) is 72.2 cm³/mol. The van der Waals surface area contributed by atoms with Gasteiger partial charge in [0.05, 0.1) is 19.3 Å². The second kappa shape index (κ2) is 6.19. The monoisotopic (exact) mass is 282 g/mol. The van der Waals surface area contributed by atoms with Crippen LogP contribution in [0.3, 0.4) is 0 Å².